The highest BCUT2D eigenvalue weighted by atomic mass is 16.5. The first-order valence-electron chi connectivity index (χ1n) is 11.6. The lowest BCUT2D eigenvalue weighted by atomic mass is 9.96. The second kappa shape index (κ2) is 10.4. The summed E-state index contributed by atoms with van der Waals surface area (Å²) in [6, 6.07) is 20.7. The average molecular weight is 454 g/mol. The van der Waals surface area contributed by atoms with Crippen LogP contribution in [0.4, 0.5) is 0 Å². The van der Waals surface area contributed by atoms with Gasteiger partial charge in [0.05, 0.1) is 13.4 Å². The van der Waals surface area contributed by atoms with Gasteiger partial charge >= 0.3 is 0 Å². The lowest BCUT2D eigenvalue weighted by molar-refractivity contribution is -0.116. The molecular weight excluding hydrogens is 422 g/mol. The second-order valence-electron chi connectivity index (χ2n) is 8.72. The van der Waals surface area contributed by atoms with E-state index in [9.17, 15) is 4.79 Å². The highest BCUT2D eigenvalue weighted by molar-refractivity contribution is 6.00. The molecule has 1 heterocycles. The van der Waals surface area contributed by atoms with Crippen LogP contribution in [-0.2, 0) is 11.2 Å². The topological polar surface area (TPSA) is 51.5 Å². The SMILES string of the molecule is COc1cc2occ(-c3ccc(C)cc3C)c2cc1/C(C)=C/C(=O)NCCCc1ccccc1. The fourth-order valence-corrected chi connectivity index (χ4v) is 4.33. The van der Waals surface area contributed by atoms with Crippen molar-refractivity contribution in [3.8, 4) is 16.9 Å². The maximum absolute atomic E-state index is 12.6. The first-order valence-corrected chi connectivity index (χ1v) is 11.6. The van der Waals surface area contributed by atoms with Crippen LogP contribution in [0.2, 0.25) is 0 Å². The molecule has 0 aliphatic rings. The molecule has 0 spiro atoms. The zero-order valence-corrected chi connectivity index (χ0v) is 20.3. The predicted octanol–water partition coefficient (Wildman–Crippen LogP) is 6.88. The number of amides is 1. The molecule has 0 saturated carbocycles. The molecule has 4 nitrogen and oxygen atoms in total. The second-order valence-corrected chi connectivity index (χ2v) is 8.72. The van der Waals surface area contributed by atoms with E-state index in [1.165, 1.54) is 16.7 Å². The van der Waals surface area contributed by atoms with E-state index in [0.29, 0.717) is 12.3 Å². The smallest absolute Gasteiger partial charge is 0.244 e. The Bertz CT molecular complexity index is 1330. The molecule has 0 radical (unpaired) electrons. The van der Waals surface area contributed by atoms with Crippen LogP contribution in [0.15, 0.2) is 77.4 Å². The molecule has 0 fully saturated rings. The van der Waals surface area contributed by atoms with Gasteiger partial charge in [-0.25, -0.2) is 0 Å². The maximum atomic E-state index is 12.6. The number of benzene rings is 3. The van der Waals surface area contributed by atoms with Crippen LogP contribution in [0.1, 0.15) is 35.6 Å². The summed E-state index contributed by atoms with van der Waals surface area (Å²) in [5.41, 5.74) is 8.35. The number of allylic oxidation sites excluding steroid dienone is 1. The quantitative estimate of drug-likeness (QED) is 0.234. The third kappa shape index (κ3) is 5.23. The Morgan fingerprint density at radius 1 is 1.03 bits per heavy atom. The van der Waals surface area contributed by atoms with Gasteiger partial charge in [0.15, 0.2) is 0 Å². The molecule has 4 aromatic rings. The molecule has 1 aromatic heterocycles. The number of carbonyl (C=O) groups excluding carboxylic acids is 1. The molecule has 0 aliphatic carbocycles. The number of aryl methyl sites for hydroxylation is 3. The average Bonchev–Trinajstić information content (AvgIpc) is 3.24. The summed E-state index contributed by atoms with van der Waals surface area (Å²) in [7, 11) is 1.63. The Balaban J connectivity index is 1.54. The van der Waals surface area contributed by atoms with Gasteiger partial charge in [-0.1, -0.05) is 54.1 Å². The van der Waals surface area contributed by atoms with Crippen LogP contribution in [0, 0.1) is 13.8 Å². The fourth-order valence-electron chi connectivity index (χ4n) is 4.33. The Labute approximate surface area is 201 Å². The molecule has 0 saturated heterocycles. The molecule has 1 amide bonds. The fraction of sp³-hybridized carbons (Fsp3) is 0.233. The van der Waals surface area contributed by atoms with Crippen molar-refractivity contribution < 1.29 is 13.9 Å². The molecule has 174 valence electrons. The van der Waals surface area contributed by atoms with Gasteiger partial charge in [-0.15, -0.1) is 0 Å². The molecule has 4 heteroatoms. The van der Waals surface area contributed by atoms with Gasteiger partial charge in [-0.2, -0.15) is 0 Å². The summed E-state index contributed by atoms with van der Waals surface area (Å²) in [6.45, 7) is 6.77. The molecule has 3 aromatic carbocycles. The molecule has 0 aliphatic heterocycles. The number of rotatable bonds is 8. The van der Waals surface area contributed by atoms with E-state index in [1.807, 2.05) is 31.2 Å². The van der Waals surface area contributed by atoms with Gasteiger partial charge in [0, 0.05) is 35.2 Å². The summed E-state index contributed by atoms with van der Waals surface area (Å²) in [4.78, 5) is 12.6. The van der Waals surface area contributed by atoms with E-state index in [2.05, 4.69) is 55.6 Å². The normalized spacial score (nSPS) is 11.6. The van der Waals surface area contributed by atoms with Crippen molar-refractivity contribution in [3.63, 3.8) is 0 Å². The Hall–Kier alpha value is -3.79. The number of nitrogens with one attached hydrogen (secondary N) is 1. The van der Waals surface area contributed by atoms with Crippen molar-refractivity contribution in [2.24, 2.45) is 0 Å². The highest BCUT2D eigenvalue weighted by Crippen LogP contribution is 2.38. The summed E-state index contributed by atoms with van der Waals surface area (Å²) in [5, 5.41) is 4.00. The summed E-state index contributed by atoms with van der Waals surface area (Å²) in [6.07, 6.45) is 5.27. The van der Waals surface area contributed by atoms with Crippen molar-refractivity contribution in [2.75, 3.05) is 13.7 Å². The molecule has 0 unspecified atom stereocenters. The molecule has 0 atom stereocenters. The van der Waals surface area contributed by atoms with Crippen molar-refractivity contribution in [3.05, 3.63) is 95.3 Å². The molecule has 4 rings (SSSR count). The predicted molar refractivity (Wildman–Crippen MR) is 139 cm³/mol. The third-order valence-electron chi connectivity index (χ3n) is 6.12. The number of hydrogen-bond acceptors (Lipinski definition) is 3. The maximum Gasteiger partial charge on any atom is 0.244 e. The van der Waals surface area contributed by atoms with Crippen molar-refractivity contribution in [1.29, 1.82) is 0 Å². The Kier molecular flexibility index (Phi) is 7.17. The number of methoxy groups -OCH3 is 1. The molecule has 1 N–H and O–H groups in total. The van der Waals surface area contributed by atoms with E-state index in [0.717, 1.165) is 46.1 Å². The first-order chi connectivity index (χ1) is 16.5. The minimum absolute atomic E-state index is 0.102. The highest BCUT2D eigenvalue weighted by Gasteiger charge is 2.16. The number of fused-ring (bicyclic) bond motifs is 1. The van der Waals surface area contributed by atoms with Crippen LogP contribution in [0.25, 0.3) is 27.7 Å². The van der Waals surface area contributed by atoms with Crippen LogP contribution in [0.3, 0.4) is 0 Å². The Morgan fingerprint density at radius 3 is 2.56 bits per heavy atom. The summed E-state index contributed by atoms with van der Waals surface area (Å²) >= 11 is 0. The Morgan fingerprint density at radius 2 is 1.82 bits per heavy atom. The number of furan rings is 1. The van der Waals surface area contributed by atoms with Crippen LogP contribution < -0.4 is 10.1 Å². The van der Waals surface area contributed by atoms with E-state index in [4.69, 9.17) is 9.15 Å². The largest absolute Gasteiger partial charge is 0.496 e. The van der Waals surface area contributed by atoms with Crippen LogP contribution in [-0.4, -0.2) is 19.6 Å². The minimum Gasteiger partial charge on any atom is -0.496 e. The number of hydrogen-bond donors (Lipinski definition) is 1. The van der Waals surface area contributed by atoms with Gasteiger partial charge in [-0.05, 0) is 61.9 Å². The monoisotopic (exact) mass is 453 g/mol. The van der Waals surface area contributed by atoms with Gasteiger partial charge in [0.2, 0.25) is 5.91 Å². The lowest BCUT2D eigenvalue weighted by Gasteiger charge is -2.11. The zero-order valence-electron chi connectivity index (χ0n) is 20.3. The summed E-state index contributed by atoms with van der Waals surface area (Å²) in [5.74, 6) is 0.578. The standard InChI is InChI=1S/C30H31NO3/c1-20-12-13-24(21(2)15-20)27-19-34-29-18-28(33-4)25(17-26(27)29)22(3)16-30(32)31-14-8-11-23-9-6-5-7-10-23/h5-7,9-10,12-13,15-19H,8,11,14H2,1-4H3,(H,31,32)/b22-16+. The van der Waals surface area contributed by atoms with Gasteiger partial charge < -0.3 is 14.5 Å². The molecule has 34 heavy (non-hydrogen) atoms. The van der Waals surface area contributed by atoms with Crippen molar-refractivity contribution in [2.45, 2.75) is 33.6 Å². The first kappa shape index (κ1) is 23.4. The van der Waals surface area contributed by atoms with Crippen LogP contribution in [0.5, 0.6) is 5.75 Å². The van der Waals surface area contributed by atoms with E-state index in [1.54, 1.807) is 19.4 Å². The number of carbonyl (C=O) groups is 1. The van der Waals surface area contributed by atoms with Crippen molar-refractivity contribution in [1.82, 2.24) is 5.32 Å². The zero-order chi connectivity index (χ0) is 24.1. The number of ether oxygens (including phenoxy) is 1. The van der Waals surface area contributed by atoms with Crippen molar-refractivity contribution >= 4 is 22.4 Å². The molecular formula is C30H31NO3. The van der Waals surface area contributed by atoms with E-state index >= 15 is 0 Å². The van der Waals surface area contributed by atoms with E-state index < -0.39 is 0 Å². The van der Waals surface area contributed by atoms with Gasteiger partial charge in [-0.3, -0.25) is 4.79 Å². The third-order valence-corrected chi connectivity index (χ3v) is 6.12. The van der Waals surface area contributed by atoms with Gasteiger partial charge in [0.25, 0.3) is 0 Å². The minimum atomic E-state index is -0.102. The summed E-state index contributed by atoms with van der Waals surface area (Å²) < 4.78 is 11.5. The van der Waals surface area contributed by atoms with Gasteiger partial charge in [0.1, 0.15) is 11.3 Å². The molecule has 0 bridgehead atoms. The van der Waals surface area contributed by atoms with E-state index in [-0.39, 0.29) is 5.91 Å². The lowest BCUT2D eigenvalue weighted by Crippen LogP contribution is -2.22. The van der Waals surface area contributed by atoms with Crippen LogP contribution >= 0.6 is 0 Å².